The van der Waals surface area contributed by atoms with Crippen molar-refractivity contribution < 1.29 is 8.81 Å². The molecule has 0 N–H and O–H groups in total. The lowest BCUT2D eigenvalue weighted by molar-refractivity contribution is 0.194. The van der Waals surface area contributed by atoms with Crippen LogP contribution in [0.15, 0.2) is 95.4 Å². The van der Waals surface area contributed by atoms with E-state index in [4.69, 9.17) is 4.42 Å². The lowest BCUT2D eigenvalue weighted by atomic mass is 9.35. The monoisotopic (exact) mass is 712 g/mol. The van der Waals surface area contributed by atoms with Crippen LogP contribution >= 0.6 is 0 Å². The number of halogens is 1. The van der Waals surface area contributed by atoms with Crippen molar-refractivity contribution in [2.75, 3.05) is 9.80 Å². The van der Waals surface area contributed by atoms with Crippen molar-refractivity contribution in [3.8, 4) is 11.1 Å². The van der Waals surface area contributed by atoms with Crippen LogP contribution in [0.2, 0.25) is 0 Å². The summed E-state index contributed by atoms with van der Waals surface area (Å²) in [5, 5.41) is 1.08. The normalized spacial score (nSPS) is 21.3. The molecule has 4 heterocycles. The van der Waals surface area contributed by atoms with E-state index in [9.17, 15) is 0 Å². The first-order valence-electron chi connectivity index (χ1n) is 20.0. The van der Waals surface area contributed by atoms with Crippen LogP contribution in [0, 0.1) is 12.7 Å². The van der Waals surface area contributed by atoms with E-state index in [0.717, 1.165) is 64.0 Å². The lowest BCUT2D eigenvalue weighted by Crippen LogP contribution is -2.64. The second-order valence-corrected chi connectivity index (χ2v) is 19.1. The zero-order valence-corrected chi connectivity index (χ0v) is 33.2. The first kappa shape index (κ1) is 33.8. The number of rotatable bonds is 2. The number of nitrogens with zero attached hydrogens (tertiary/aromatic N) is 2. The molecule has 6 aromatic rings. The molecule has 0 spiro atoms. The van der Waals surface area contributed by atoms with Gasteiger partial charge in [-0.3, -0.25) is 0 Å². The van der Waals surface area contributed by atoms with Crippen molar-refractivity contribution in [2.24, 2.45) is 0 Å². The second-order valence-electron chi connectivity index (χ2n) is 19.1. The molecule has 3 nitrogen and oxygen atoms in total. The molecule has 4 aliphatic rings. The number of hydrogen-bond acceptors (Lipinski definition) is 3. The Morgan fingerprint density at radius 3 is 2.15 bits per heavy atom. The van der Waals surface area contributed by atoms with Crippen molar-refractivity contribution in [2.45, 2.75) is 110 Å². The van der Waals surface area contributed by atoms with Gasteiger partial charge < -0.3 is 14.2 Å². The zero-order valence-electron chi connectivity index (χ0n) is 33.2. The number of anilines is 5. The minimum Gasteiger partial charge on any atom is -0.468 e. The molecule has 1 aliphatic carbocycles. The summed E-state index contributed by atoms with van der Waals surface area (Å²) in [6.45, 7) is 20.5. The van der Waals surface area contributed by atoms with Gasteiger partial charge in [-0.15, -0.1) is 0 Å². The SMILES string of the molecule is Cc1cc2c3c(c1)N1c4c(cc(F)cc4C4(C)CCCCC14C)B3c1oc3cc(C(C)(C)C)ccc3c1N2c1ccc(C(C)(C)C)cc1-c1ccccc1. The number of benzene rings is 5. The van der Waals surface area contributed by atoms with Crippen LogP contribution in [0.25, 0.3) is 22.1 Å². The fourth-order valence-electron chi connectivity index (χ4n) is 10.7. The molecule has 2 atom stereocenters. The van der Waals surface area contributed by atoms with Crippen molar-refractivity contribution in [1.82, 2.24) is 0 Å². The van der Waals surface area contributed by atoms with Crippen LogP contribution in [-0.2, 0) is 16.2 Å². The van der Waals surface area contributed by atoms with Crippen LogP contribution in [0.5, 0.6) is 0 Å². The minimum absolute atomic E-state index is 0.0300. The largest absolute Gasteiger partial charge is 0.468 e. The third kappa shape index (κ3) is 4.41. The first-order chi connectivity index (χ1) is 25.6. The molecule has 5 aromatic carbocycles. The van der Waals surface area contributed by atoms with Gasteiger partial charge >= 0.3 is 0 Å². The predicted octanol–water partition coefficient (Wildman–Crippen LogP) is 11.5. The Labute approximate surface area is 320 Å². The van der Waals surface area contributed by atoms with E-state index in [1.807, 2.05) is 12.1 Å². The smallest absolute Gasteiger partial charge is 0.297 e. The summed E-state index contributed by atoms with van der Waals surface area (Å²) in [4.78, 5) is 5.15. The molecule has 0 saturated heterocycles. The predicted molar refractivity (Wildman–Crippen MR) is 226 cm³/mol. The van der Waals surface area contributed by atoms with E-state index in [2.05, 4.69) is 151 Å². The van der Waals surface area contributed by atoms with E-state index < -0.39 is 0 Å². The molecule has 0 amide bonds. The third-order valence-corrected chi connectivity index (χ3v) is 13.8. The molecule has 0 bridgehead atoms. The standard InChI is InChI=1S/C49H50BFN2O/c1-29-23-39-42-40(24-29)53-44-36(48(8)21-13-14-22-49(48,53)9)27-33(51)28-37(44)50(42)45-43(34-19-17-32(47(5,6)7)26-41(34)54-45)52(39)38-20-18-31(46(2,3)4)25-35(38)30-15-11-10-12-16-30/h10-12,15-20,23-28H,13-14,21-22H2,1-9H3. The molecule has 54 heavy (non-hydrogen) atoms. The zero-order chi connectivity index (χ0) is 37.7. The number of aryl methyl sites for hydroxylation is 1. The van der Waals surface area contributed by atoms with Crippen LogP contribution in [0.3, 0.4) is 0 Å². The Kier molecular flexibility index (Phi) is 6.84. The summed E-state index contributed by atoms with van der Waals surface area (Å²) in [6, 6.07) is 33.1. The molecule has 5 heteroatoms. The summed E-state index contributed by atoms with van der Waals surface area (Å²) in [5.74, 6) is -0.156. The Balaban J connectivity index is 1.35. The van der Waals surface area contributed by atoms with Gasteiger partial charge in [-0.05, 0) is 125 Å². The molecule has 2 unspecified atom stereocenters. The van der Waals surface area contributed by atoms with E-state index in [1.54, 1.807) is 0 Å². The molecule has 1 aromatic heterocycles. The van der Waals surface area contributed by atoms with Crippen molar-refractivity contribution in [3.05, 3.63) is 119 Å². The third-order valence-electron chi connectivity index (χ3n) is 13.8. The van der Waals surface area contributed by atoms with Gasteiger partial charge in [0.2, 0.25) is 0 Å². The first-order valence-corrected chi connectivity index (χ1v) is 20.0. The molecule has 1 fully saturated rings. The van der Waals surface area contributed by atoms with Crippen LogP contribution in [0.4, 0.5) is 32.8 Å². The van der Waals surface area contributed by atoms with E-state index in [1.165, 1.54) is 51.1 Å². The van der Waals surface area contributed by atoms with Crippen molar-refractivity contribution >= 4 is 62.7 Å². The lowest BCUT2D eigenvalue weighted by Gasteiger charge is -2.52. The molecular weight excluding hydrogens is 662 g/mol. The Bertz CT molecular complexity index is 2560. The highest BCUT2D eigenvalue weighted by molar-refractivity contribution is 7.00. The average molecular weight is 713 g/mol. The maximum Gasteiger partial charge on any atom is 0.297 e. The van der Waals surface area contributed by atoms with Gasteiger partial charge in [0.15, 0.2) is 0 Å². The second kappa shape index (κ2) is 10.9. The Hall–Kier alpha value is -4.77. The summed E-state index contributed by atoms with van der Waals surface area (Å²) in [5.41, 5.74) is 16.6. The number of hydrogen-bond donors (Lipinski definition) is 0. The highest BCUT2D eigenvalue weighted by Crippen LogP contribution is 2.62. The maximum atomic E-state index is 16.3. The van der Waals surface area contributed by atoms with E-state index >= 15 is 4.39 Å². The van der Waals surface area contributed by atoms with Gasteiger partial charge in [0.25, 0.3) is 6.71 Å². The molecule has 1 saturated carbocycles. The fraction of sp³-hybridized carbons (Fsp3) is 0.347. The molecule has 10 rings (SSSR count). The van der Waals surface area contributed by atoms with Gasteiger partial charge in [0.1, 0.15) is 11.4 Å². The summed E-state index contributed by atoms with van der Waals surface area (Å²) in [7, 11) is 0. The van der Waals surface area contributed by atoms with Crippen LogP contribution in [-0.4, -0.2) is 12.3 Å². The molecule has 272 valence electrons. The van der Waals surface area contributed by atoms with Gasteiger partial charge in [-0.25, -0.2) is 4.39 Å². The fourth-order valence-corrected chi connectivity index (χ4v) is 10.7. The molecule has 0 radical (unpaired) electrons. The van der Waals surface area contributed by atoms with E-state index in [-0.39, 0.29) is 34.3 Å². The highest BCUT2D eigenvalue weighted by Gasteiger charge is 2.62. The summed E-state index contributed by atoms with van der Waals surface area (Å²) >= 11 is 0. The minimum atomic E-state index is -0.255. The quantitative estimate of drug-likeness (QED) is 0.166. The van der Waals surface area contributed by atoms with Gasteiger partial charge in [0.05, 0.1) is 22.6 Å². The van der Waals surface area contributed by atoms with Crippen molar-refractivity contribution in [3.63, 3.8) is 0 Å². The van der Waals surface area contributed by atoms with E-state index in [0.29, 0.717) is 0 Å². The topological polar surface area (TPSA) is 19.6 Å². The Morgan fingerprint density at radius 1 is 0.722 bits per heavy atom. The van der Waals surface area contributed by atoms with Crippen LogP contribution < -0.4 is 26.4 Å². The summed E-state index contributed by atoms with van der Waals surface area (Å²) < 4.78 is 23.6. The van der Waals surface area contributed by atoms with Gasteiger partial charge in [0, 0.05) is 33.4 Å². The highest BCUT2D eigenvalue weighted by atomic mass is 19.1. The van der Waals surface area contributed by atoms with Crippen molar-refractivity contribution in [1.29, 1.82) is 0 Å². The van der Waals surface area contributed by atoms with Gasteiger partial charge in [-0.2, -0.15) is 0 Å². The number of furan rings is 1. The van der Waals surface area contributed by atoms with Gasteiger partial charge in [-0.1, -0.05) is 104 Å². The van der Waals surface area contributed by atoms with Crippen LogP contribution in [0.1, 0.15) is 103 Å². The maximum absolute atomic E-state index is 16.3. The summed E-state index contributed by atoms with van der Waals surface area (Å²) in [6.07, 6.45) is 4.44. The number of fused-ring (bicyclic) bond motifs is 9. The molecule has 3 aliphatic heterocycles. The molecular formula is C49H50BFN2O. The average Bonchev–Trinajstić information content (AvgIpc) is 3.59. The Morgan fingerprint density at radius 2 is 1.41 bits per heavy atom.